The van der Waals surface area contributed by atoms with Crippen molar-refractivity contribution < 1.29 is 23.1 Å². The molecule has 160 valence electrons. The number of carbonyl (C=O) groups excluding carboxylic acids is 1. The number of aliphatic hydroxyl groups excluding tert-OH is 1. The van der Waals surface area contributed by atoms with Gasteiger partial charge in [-0.05, 0) is 84.6 Å². The Balaban J connectivity index is 1.68. The first kappa shape index (κ1) is 20.0. The molecule has 0 amide bonds. The highest BCUT2D eigenvalue weighted by molar-refractivity contribution is 5.93. The first-order valence-electron chi connectivity index (χ1n) is 11.0. The van der Waals surface area contributed by atoms with Gasteiger partial charge in [0.2, 0.25) is 0 Å². The Kier molecular flexibility index (Phi) is 4.55. The highest BCUT2D eigenvalue weighted by Gasteiger charge is 2.56. The number of benzene rings is 1. The molecule has 1 aromatic rings. The topological polar surface area (TPSA) is 37.3 Å². The fraction of sp³-hybridized carbons (Fsp3) is 0.560. The molecular formula is C25H27F3O2. The summed E-state index contributed by atoms with van der Waals surface area (Å²) in [6.07, 6.45) is 2.31. The van der Waals surface area contributed by atoms with Gasteiger partial charge < -0.3 is 5.11 Å². The van der Waals surface area contributed by atoms with Crippen LogP contribution >= 0.6 is 0 Å². The van der Waals surface area contributed by atoms with Crippen molar-refractivity contribution in [3.05, 3.63) is 58.2 Å². The summed E-state index contributed by atoms with van der Waals surface area (Å²) in [5.74, 6) is 0.649. The maximum atomic E-state index is 13.4. The van der Waals surface area contributed by atoms with E-state index < -0.39 is 17.8 Å². The van der Waals surface area contributed by atoms with Gasteiger partial charge in [0.15, 0.2) is 5.78 Å². The van der Waals surface area contributed by atoms with Crippen LogP contribution in [0.1, 0.15) is 68.9 Å². The fourth-order valence-corrected chi connectivity index (χ4v) is 6.86. The molecule has 0 aromatic heterocycles. The minimum absolute atomic E-state index is 0.141. The summed E-state index contributed by atoms with van der Waals surface area (Å²) >= 11 is 0. The number of ketones is 1. The van der Waals surface area contributed by atoms with E-state index in [-0.39, 0.29) is 23.0 Å². The van der Waals surface area contributed by atoms with Gasteiger partial charge in [-0.1, -0.05) is 30.7 Å². The third-order valence-corrected chi connectivity index (χ3v) is 8.30. The number of fused-ring (bicyclic) bond motifs is 4. The summed E-state index contributed by atoms with van der Waals surface area (Å²) in [7, 11) is 0. The molecule has 5 atom stereocenters. The third-order valence-electron chi connectivity index (χ3n) is 8.30. The van der Waals surface area contributed by atoms with E-state index in [9.17, 15) is 23.1 Å². The zero-order valence-corrected chi connectivity index (χ0v) is 17.1. The van der Waals surface area contributed by atoms with E-state index in [0.29, 0.717) is 30.7 Å². The normalized spacial score (nSPS) is 36.2. The zero-order chi connectivity index (χ0) is 21.3. The van der Waals surface area contributed by atoms with Crippen molar-refractivity contribution in [2.75, 3.05) is 0 Å². The molecule has 5 unspecified atom stereocenters. The fourth-order valence-electron chi connectivity index (χ4n) is 6.86. The van der Waals surface area contributed by atoms with E-state index in [2.05, 4.69) is 6.92 Å². The van der Waals surface area contributed by atoms with Crippen LogP contribution in [-0.4, -0.2) is 17.0 Å². The van der Waals surface area contributed by atoms with Crippen molar-refractivity contribution >= 4 is 5.78 Å². The molecule has 0 aliphatic heterocycles. The molecule has 1 N–H and O–H groups in total. The van der Waals surface area contributed by atoms with Gasteiger partial charge in [0.25, 0.3) is 0 Å². The van der Waals surface area contributed by atoms with E-state index in [1.54, 1.807) is 6.08 Å². The molecule has 0 heterocycles. The number of rotatable bonds is 1. The van der Waals surface area contributed by atoms with Crippen molar-refractivity contribution in [1.82, 2.24) is 0 Å². The predicted molar refractivity (Wildman–Crippen MR) is 108 cm³/mol. The van der Waals surface area contributed by atoms with Gasteiger partial charge in [-0.25, -0.2) is 0 Å². The Labute approximate surface area is 174 Å². The molecule has 4 aliphatic rings. The maximum Gasteiger partial charge on any atom is 0.416 e. The summed E-state index contributed by atoms with van der Waals surface area (Å²) in [6.45, 7) is 2.13. The van der Waals surface area contributed by atoms with Crippen LogP contribution in [0.15, 0.2) is 47.1 Å². The number of aliphatic hydroxyl groups is 1. The van der Waals surface area contributed by atoms with Crippen LogP contribution in [0, 0.1) is 17.3 Å². The number of hydrogen-bond donors (Lipinski definition) is 1. The van der Waals surface area contributed by atoms with Crippen molar-refractivity contribution in [3.8, 4) is 0 Å². The Morgan fingerprint density at radius 1 is 1.10 bits per heavy atom. The summed E-state index contributed by atoms with van der Waals surface area (Å²) in [4.78, 5) is 12.0. The SMILES string of the molecule is CC12CC(c3cccc(C(F)(F)F)c3)C3=C4CCC(=O)C=C4CCC3C1CCC2O. The maximum absolute atomic E-state index is 13.4. The van der Waals surface area contributed by atoms with E-state index in [1.807, 2.05) is 6.07 Å². The lowest BCUT2D eigenvalue weighted by molar-refractivity contribution is -0.137. The lowest BCUT2D eigenvalue weighted by Gasteiger charge is -2.52. The largest absolute Gasteiger partial charge is 0.416 e. The average Bonchev–Trinajstić information content (AvgIpc) is 3.01. The van der Waals surface area contributed by atoms with E-state index in [4.69, 9.17) is 0 Å². The molecule has 4 aliphatic carbocycles. The Morgan fingerprint density at radius 2 is 1.90 bits per heavy atom. The molecule has 5 heteroatoms. The van der Waals surface area contributed by atoms with Crippen LogP contribution < -0.4 is 0 Å². The Morgan fingerprint density at radius 3 is 2.67 bits per heavy atom. The van der Waals surface area contributed by atoms with Crippen LogP contribution in [0.2, 0.25) is 0 Å². The van der Waals surface area contributed by atoms with Crippen molar-refractivity contribution in [2.24, 2.45) is 17.3 Å². The van der Waals surface area contributed by atoms with Crippen LogP contribution in [0.3, 0.4) is 0 Å². The van der Waals surface area contributed by atoms with E-state index in [0.717, 1.165) is 37.3 Å². The summed E-state index contributed by atoms with van der Waals surface area (Å²) < 4.78 is 40.3. The molecule has 30 heavy (non-hydrogen) atoms. The van der Waals surface area contributed by atoms with Gasteiger partial charge in [0.1, 0.15) is 0 Å². The smallest absolute Gasteiger partial charge is 0.393 e. The molecule has 0 bridgehead atoms. The molecule has 5 rings (SSSR count). The highest BCUT2D eigenvalue weighted by atomic mass is 19.4. The van der Waals surface area contributed by atoms with Gasteiger partial charge in [0, 0.05) is 12.3 Å². The minimum Gasteiger partial charge on any atom is -0.393 e. The Bertz CT molecular complexity index is 957. The summed E-state index contributed by atoms with van der Waals surface area (Å²) in [6, 6.07) is 5.73. The van der Waals surface area contributed by atoms with Crippen LogP contribution in [0.5, 0.6) is 0 Å². The monoisotopic (exact) mass is 416 g/mol. The standard InChI is InChI=1S/C25H27F3O2/c1-24-13-20(14-3-2-4-16(11-14)25(26,27)28)23-18-8-6-17(29)12-15(18)5-7-19(23)21(24)9-10-22(24)30/h2-4,11-12,19-22,30H,5-10,13H2,1H3. The van der Waals surface area contributed by atoms with Crippen molar-refractivity contribution in [3.63, 3.8) is 0 Å². The summed E-state index contributed by atoms with van der Waals surface area (Å²) in [5.41, 5.74) is 3.37. The summed E-state index contributed by atoms with van der Waals surface area (Å²) in [5, 5.41) is 10.8. The molecule has 0 spiro atoms. The lowest BCUT2D eigenvalue weighted by Crippen LogP contribution is -2.45. The minimum atomic E-state index is -4.38. The number of alkyl halides is 3. The molecular weight excluding hydrogens is 389 g/mol. The molecule has 2 saturated carbocycles. The van der Waals surface area contributed by atoms with E-state index in [1.165, 1.54) is 23.3 Å². The first-order valence-corrected chi connectivity index (χ1v) is 11.0. The third kappa shape index (κ3) is 3.00. The predicted octanol–water partition coefficient (Wildman–Crippen LogP) is 5.97. The Hall–Kier alpha value is -1.88. The molecule has 1 aromatic carbocycles. The van der Waals surface area contributed by atoms with Gasteiger partial charge in [0.05, 0.1) is 11.7 Å². The van der Waals surface area contributed by atoms with Crippen LogP contribution in [-0.2, 0) is 11.0 Å². The molecule has 0 saturated heterocycles. The van der Waals surface area contributed by atoms with Gasteiger partial charge in [-0.15, -0.1) is 0 Å². The zero-order valence-electron chi connectivity index (χ0n) is 17.1. The van der Waals surface area contributed by atoms with E-state index >= 15 is 0 Å². The van der Waals surface area contributed by atoms with Crippen LogP contribution in [0.25, 0.3) is 0 Å². The van der Waals surface area contributed by atoms with Gasteiger partial charge in [-0.3, -0.25) is 4.79 Å². The van der Waals surface area contributed by atoms with Crippen molar-refractivity contribution in [1.29, 1.82) is 0 Å². The highest BCUT2D eigenvalue weighted by Crippen LogP contribution is 2.63. The van der Waals surface area contributed by atoms with Crippen LogP contribution in [0.4, 0.5) is 13.2 Å². The van der Waals surface area contributed by atoms with Crippen molar-refractivity contribution in [2.45, 2.75) is 70.1 Å². The van der Waals surface area contributed by atoms with Gasteiger partial charge in [-0.2, -0.15) is 13.2 Å². The number of hydrogen-bond acceptors (Lipinski definition) is 2. The molecule has 2 fully saturated rings. The molecule has 2 nitrogen and oxygen atoms in total. The number of carbonyl (C=O) groups is 1. The molecule has 0 radical (unpaired) electrons. The number of allylic oxidation sites excluding steroid dienone is 4. The second-order valence-corrected chi connectivity index (χ2v) is 9.80. The second kappa shape index (κ2) is 6.81. The first-order chi connectivity index (χ1) is 14.2. The van der Waals surface area contributed by atoms with Gasteiger partial charge >= 0.3 is 6.18 Å². The second-order valence-electron chi connectivity index (χ2n) is 9.80. The average molecular weight is 416 g/mol. The quantitative estimate of drug-likeness (QED) is 0.613. The number of halogens is 3. The lowest BCUT2D eigenvalue weighted by atomic mass is 9.53.